The molecule has 5 nitrogen and oxygen atoms in total. The van der Waals surface area contributed by atoms with Gasteiger partial charge in [0.15, 0.2) is 5.65 Å². The van der Waals surface area contributed by atoms with Crippen LogP contribution in [0.1, 0.15) is 0 Å². The van der Waals surface area contributed by atoms with Crippen LogP contribution < -0.4 is 11.2 Å². The first-order valence-electron chi connectivity index (χ1n) is 4.17. The Kier molecular flexibility index (Phi) is 2.43. The summed E-state index contributed by atoms with van der Waals surface area (Å²) in [5.74, 6) is 0. The van der Waals surface area contributed by atoms with Gasteiger partial charge in [0.05, 0.1) is 4.21 Å². The van der Waals surface area contributed by atoms with E-state index in [1.807, 2.05) is 6.26 Å². The highest BCUT2D eigenvalue weighted by atomic mass is 32.2. The monoisotopic (exact) mass is 243 g/mol. The number of hydrogen-bond donors (Lipinski definition) is 0. The van der Waals surface area contributed by atoms with Crippen LogP contribution >= 0.6 is 23.3 Å². The molecule has 0 aliphatic carbocycles. The van der Waals surface area contributed by atoms with Crippen molar-refractivity contribution in [1.29, 1.82) is 0 Å². The van der Waals surface area contributed by atoms with E-state index in [4.69, 9.17) is 0 Å². The van der Waals surface area contributed by atoms with Crippen LogP contribution in [0.15, 0.2) is 13.8 Å². The molecule has 0 aliphatic rings. The molecule has 0 aliphatic heterocycles. The van der Waals surface area contributed by atoms with Gasteiger partial charge in [-0.3, -0.25) is 13.9 Å². The molecular formula is C8H9N3O2S2. The fourth-order valence-corrected chi connectivity index (χ4v) is 2.83. The molecule has 0 N–H and O–H groups in total. The lowest BCUT2D eigenvalue weighted by atomic mass is 10.4. The standard InChI is InChI=1S/C8H9N3O2S2/c1-10-5-4(7(14-3)15-9-5)6(12)11(2)8(10)13/h1-3H3. The minimum Gasteiger partial charge on any atom is -0.280 e. The molecule has 2 rings (SSSR count). The minimum atomic E-state index is -0.342. The van der Waals surface area contributed by atoms with Gasteiger partial charge >= 0.3 is 5.69 Å². The molecule has 0 fully saturated rings. The summed E-state index contributed by atoms with van der Waals surface area (Å²) in [6, 6.07) is 0. The molecule has 0 spiro atoms. The van der Waals surface area contributed by atoms with Crippen molar-refractivity contribution in [2.24, 2.45) is 14.1 Å². The molecule has 2 aromatic rings. The minimum absolute atomic E-state index is 0.272. The largest absolute Gasteiger partial charge is 0.332 e. The number of aromatic nitrogens is 3. The van der Waals surface area contributed by atoms with Crippen LogP contribution in [0.2, 0.25) is 0 Å². The summed E-state index contributed by atoms with van der Waals surface area (Å²) in [4.78, 5) is 23.4. The number of rotatable bonds is 1. The van der Waals surface area contributed by atoms with Crippen LogP contribution in [0.5, 0.6) is 0 Å². The van der Waals surface area contributed by atoms with Crippen molar-refractivity contribution in [3.63, 3.8) is 0 Å². The molecule has 15 heavy (non-hydrogen) atoms. The van der Waals surface area contributed by atoms with Gasteiger partial charge in [-0.15, -0.1) is 11.8 Å². The summed E-state index contributed by atoms with van der Waals surface area (Å²) in [6.45, 7) is 0. The van der Waals surface area contributed by atoms with Crippen molar-refractivity contribution in [3.8, 4) is 0 Å². The highest BCUT2D eigenvalue weighted by molar-refractivity contribution is 8.00. The summed E-state index contributed by atoms with van der Waals surface area (Å²) in [5.41, 5.74) is -0.144. The molecule has 0 radical (unpaired) electrons. The smallest absolute Gasteiger partial charge is 0.280 e. The lowest BCUT2D eigenvalue weighted by Crippen LogP contribution is -2.36. The van der Waals surface area contributed by atoms with Crippen LogP contribution in [0, 0.1) is 0 Å². The maximum atomic E-state index is 11.8. The highest BCUT2D eigenvalue weighted by Crippen LogP contribution is 2.26. The van der Waals surface area contributed by atoms with Crippen LogP contribution in [0.4, 0.5) is 0 Å². The maximum Gasteiger partial charge on any atom is 0.332 e. The van der Waals surface area contributed by atoms with Gasteiger partial charge in [0.2, 0.25) is 0 Å². The number of hydrogen-bond acceptors (Lipinski definition) is 5. The molecular weight excluding hydrogens is 234 g/mol. The molecule has 0 bridgehead atoms. The zero-order chi connectivity index (χ0) is 11.2. The van der Waals surface area contributed by atoms with Crippen molar-refractivity contribution in [3.05, 3.63) is 20.8 Å². The van der Waals surface area contributed by atoms with Crippen LogP contribution in [-0.4, -0.2) is 19.8 Å². The lowest BCUT2D eigenvalue weighted by Gasteiger charge is -2.02. The van der Waals surface area contributed by atoms with Gasteiger partial charge in [0, 0.05) is 14.1 Å². The third-order valence-corrected chi connectivity index (χ3v) is 4.17. The van der Waals surface area contributed by atoms with E-state index in [0.717, 1.165) is 8.78 Å². The van der Waals surface area contributed by atoms with E-state index in [-0.39, 0.29) is 11.2 Å². The first-order chi connectivity index (χ1) is 7.07. The number of nitrogens with zero attached hydrogens (tertiary/aromatic N) is 3. The third-order valence-electron chi connectivity index (χ3n) is 2.24. The molecule has 0 saturated heterocycles. The van der Waals surface area contributed by atoms with Crippen molar-refractivity contribution in [2.45, 2.75) is 4.21 Å². The average molecular weight is 243 g/mol. The van der Waals surface area contributed by atoms with E-state index in [1.54, 1.807) is 7.05 Å². The molecule has 2 aromatic heterocycles. The predicted octanol–water partition coefficient (Wildman–Crippen LogP) is 0.416. The maximum absolute atomic E-state index is 11.8. The Morgan fingerprint density at radius 2 is 1.93 bits per heavy atom. The summed E-state index contributed by atoms with van der Waals surface area (Å²) in [7, 11) is 3.10. The van der Waals surface area contributed by atoms with Gasteiger partial charge in [0.25, 0.3) is 5.56 Å². The molecule has 0 aromatic carbocycles. The van der Waals surface area contributed by atoms with E-state index >= 15 is 0 Å². The van der Waals surface area contributed by atoms with E-state index in [0.29, 0.717) is 11.0 Å². The van der Waals surface area contributed by atoms with Crippen molar-refractivity contribution < 1.29 is 0 Å². The Labute approximate surface area is 93.5 Å². The van der Waals surface area contributed by atoms with Crippen molar-refractivity contribution in [2.75, 3.05) is 6.26 Å². The van der Waals surface area contributed by atoms with Crippen LogP contribution in [0.25, 0.3) is 11.0 Å². The molecule has 7 heteroatoms. The second-order valence-electron chi connectivity index (χ2n) is 3.08. The number of thioether (sulfide) groups is 1. The Morgan fingerprint density at radius 1 is 1.27 bits per heavy atom. The summed E-state index contributed by atoms with van der Waals surface area (Å²) in [5, 5.41) is 0.539. The first-order valence-corrected chi connectivity index (χ1v) is 6.17. The zero-order valence-electron chi connectivity index (χ0n) is 8.47. The lowest BCUT2D eigenvalue weighted by molar-refractivity contribution is 0.709. The third kappa shape index (κ3) is 1.34. The van der Waals surface area contributed by atoms with Gasteiger partial charge in [-0.25, -0.2) is 4.79 Å². The first kappa shape index (κ1) is 10.4. The molecule has 0 unspecified atom stereocenters. The second kappa shape index (κ2) is 3.49. The Morgan fingerprint density at radius 3 is 2.53 bits per heavy atom. The second-order valence-corrected chi connectivity index (χ2v) is 4.93. The molecule has 0 saturated carbocycles. The van der Waals surface area contributed by atoms with Crippen molar-refractivity contribution in [1.82, 2.24) is 13.5 Å². The van der Waals surface area contributed by atoms with Gasteiger partial charge in [-0.05, 0) is 17.8 Å². The SMILES string of the molecule is CSc1snc2c1c(=O)n(C)c(=O)n2C. The van der Waals surface area contributed by atoms with Gasteiger partial charge < -0.3 is 0 Å². The van der Waals surface area contributed by atoms with Gasteiger partial charge in [-0.2, -0.15) is 4.37 Å². The van der Waals surface area contributed by atoms with E-state index < -0.39 is 0 Å². The molecule has 2 heterocycles. The van der Waals surface area contributed by atoms with Gasteiger partial charge in [-0.1, -0.05) is 0 Å². The highest BCUT2D eigenvalue weighted by Gasteiger charge is 2.15. The zero-order valence-corrected chi connectivity index (χ0v) is 10.1. The Balaban J connectivity index is 3.11. The summed E-state index contributed by atoms with van der Waals surface area (Å²) < 4.78 is 7.47. The fourth-order valence-electron chi connectivity index (χ4n) is 1.39. The van der Waals surface area contributed by atoms with E-state index in [9.17, 15) is 9.59 Å². The topological polar surface area (TPSA) is 56.9 Å². The van der Waals surface area contributed by atoms with Gasteiger partial charge in [0.1, 0.15) is 5.39 Å². The molecule has 0 amide bonds. The summed E-state index contributed by atoms with van der Waals surface area (Å²) >= 11 is 2.72. The van der Waals surface area contributed by atoms with Crippen molar-refractivity contribution >= 4 is 34.3 Å². The Hall–Kier alpha value is -1.08. The number of fused-ring (bicyclic) bond motifs is 1. The summed E-state index contributed by atoms with van der Waals surface area (Å²) in [6.07, 6.45) is 1.89. The number of aryl methyl sites for hydroxylation is 1. The van der Waals surface area contributed by atoms with E-state index in [2.05, 4.69) is 4.37 Å². The average Bonchev–Trinajstić information content (AvgIpc) is 2.67. The molecule has 0 atom stereocenters. The van der Waals surface area contributed by atoms with Crippen LogP contribution in [-0.2, 0) is 14.1 Å². The Bertz CT molecular complexity index is 638. The molecule has 80 valence electrons. The quantitative estimate of drug-likeness (QED) is 0.681. The fraction of sp³-hybridized carbons (Fsp3) is 0.375. The predicted molar refractivity (Wildman–Crippen MR) is 61.9 cm³/mol. The normalized spacial score (nSPS) is 11.1. The van der Waals surface area contributed by atoms with Crippen LogP contribution in [0.3, 0.4) is 0 Å². The van der Waals surface area contributed by atoms with E-state index in [1.165, 1.54) is 34.9 Å².